The van der Waals surface area contributed by atoms with Crippen LogP contribution in [0.15, 0.2) is 65.8 Å². The number of likely N-dealkylation sites (tertiary alicyclic amines) is 1. The Hall–Kier alpha value is -4.13. The van der Waals surface area contributed by atoms with Gasteiger partial charge in [-0.25, -0.2) is 17.6 Å². The molecule has 5 rings (SSSR count). The summed E-state index contributed by atoms with van der Waals surface area (Å²) in [6.45, 7) is 1.17. The van der Waals surface area contributed by atoms with E-state index in [1.54, 1.807) is 23.2 Å². The number of rotatable bonds is 4. The molecule has 0 radical (unpaired) electrons. The molecule has 1 aliphatic carbocycles. The van der Waals surface area contributed by atoms with Crippen molar-refractivity contribution in [3.05, 3.63) is 77.2 Å². The summed E-state index contributed by atoms with van der Waals surface area (Å²) >= 11 is 0. The summed E-state index contributed by atoms with van der Waals surface area (Å²) in [6, 6.07) is 8.56. The standard InChI is InChI=1S/C26H19F5N4O/c27-18-9-14(36-26-23(30)19(28)10-20(29)24(26)31)1-2-16(18)17-4-3-15(13-6-8-35(11-13)12-32)25-22(17)21(33)5-7-34-25/h1-5,7,9,13,19H,6,8,10-11H2,(H2,33,34)/t13-,19?/m1/s1. The Morgan fingerprint density at radius 2 is 1.86 bits per heavy atom. The molecule has 1 fully saturated rings. The molecule has 2 atom stereocenters. The maximum atomic E-state index is 15.2. The number of nitriles is 1. The summed E-state index contributed by atoms with van der Waals surface area (Å²) in [7, 11) is 0. The van der Waals surface area contributed by atoms with Crippen molar-refractivity contribution in [2.75, 3.05) is 18.8 Å². The van der Waals surface area contributed by atoms with Crippen LogP contribution in [0.1, 0.15) is 24.3 Å². The molecule has 5 nitrogen and oxygen atoms in total. The number of hydrogen-bond donors (Lipinski definition) is 1. The van der Waals surface area contributed by atoms with Crippen molar-refractivity contribution in [2.45, 2.75) is 24.9 Å². The molecular weight excluding hydrogens is 479 g/mol. The van der Waals surface area contributed by atoms with E-state index in [-0.39, 0.29) is 17.2 Å². The Morgan fingerprint density at radius 1 is 1.08 bits per heavy atom. The van der Waals surface area contributed by atoms with Gasteiger partial charge in [-0.2, -0.15) is 9.65 Å². The predicted molar refractivity (Wildman–Crippen MR) is 124 cm³/mol. The number of nitrogen functional groups attached to an aromatic ring is 1. The fourth-order valence-electron chi connectivity index (χ4n) is 4.67. The van der Waals surface area contributed by atoms with Gasteiger partial charge in [0.05, 0.1) is 5.52 Å². The quantitative estimate of drug-likeness (QED) is 0.335. The number of fused-ring (bicyclic) bond motifs is 1. The zero-order valence-electron chi connectivity index (χ0n) is 18.7. The van der Waals surface area contributed by atoms with Gasteiger partial charge in [0.25, 0.3) is 0 Å². The van der Waals surface area contributed by atoms with Gasteiger partial charge in [-0.05, 0) is 35.7 Å². The number of benzene rings is 2. The van der Waals surface area contributed by atoms with Gasteiger partial charge >= 0.3 is 0 Å². The van der Waals surface area contributed by atoms with E-state index in [1.807, 2.05) is 6.07 Å². The molecule has 2 aromatic carbocycles. The molecule has 2 N–H and O–H groups in total. The SMILES string of the molecule is N#CN1CC[C@@H](c2ccc(-c3ccc(OC4=C(F)C(F)CC(F)=C4F)cc3F)c3c(N)ccnc23)C1. The molecule has 0 bridgehead atoms. The van der Waals surface area contributed by atoms with E-state index in [0.717, 1.165) is 18.1 Å². The maximum absolute atomic E-state index is 15.2. The molecule has 2 heterocycles. The molecule has 3 aromatic rings. The van der Waals surface area contributed by atoms with E-state index in [1.165, 1.54) is 12.1 Å². The highest BCUT2D eigenvalue weighted by Crippen LogP contribution is 2.41. The second-order valence-corrected chi connectivity index (χ2v) is 8.67. The summed E-state index contributed by atoms with van der Waals surface area (Å²) in [5, 5.41) is 9.72. The fraction of sp³-hybridized carbons (Fsp3) is 0.231. The van der Waals surface area contributed by atoms with E-state index in [9.17, 15) is 22.8 Å². The van der Waals surface area contributed by atoms with Crippen LogP contribution >= 0.6 is 0 Å². The highest BCUT2D eigenvalue weighted by atomic mass is 19.2. The molecule has 184 valence electrons. The molecule has 2 aliphatic rings. The molecule has 36 heavy (non-hydrogen) atoms. The van der Waals surface area contributed by atoms with Gasteiger partial charge in [-0.3, -0.25) is 4.98 Å². The van der Waals surface area contributed by atoms with Gasteiger partial charge in [0, 0.05) is 54.3 Å². The van der Waals surface area contributed by atoms with Crippen molar-refractivity contribution in [1.82, 2.24) is 9.88 Å². The van der Waals surface area contributed by atoms with Crippen LogP contribution in [0.25, 0.3) is 22.0 Å². The van der Waals surface area contributed by atoms with Crippen LogP contribution in [0.5, 0.6) is 5.75 Å². The molecule has 0 spiro atoms. The van der Waals surface area contributed by atoms with Gasteiger partial charge in [-0.1, -0.05) is 12.1 Å². The number of halogens is 5. The van der Waals surface area contributed by atoms with E-state index >= 15 is 4.39 Å². The lowest BCUT2D eigenvalue weighted by atomic mass is 9.90. The molecular formula is C26H19F5N4O. The Kier molecular flexibility index (Phi) is 6.00. The number of allylic oxidation sites excluding steroid dienone is 3. The van der Waals surface area contributed by atoms with Crippen molar-refractivity contribution in [2.24, 2.45) is 0 Å². The molecule has 0 amide bonds. The van der Waals surface area contributed by atoms with Gasteiger partial charge in [-0.15, -0.1) is 0 Å². The first-order chi connectivity index (χ1) is 17.3. The zero-order valence-corrected chi connectivity index (χ0v) is 18.7. The monoisotopic (exact) mass is 498 g/mol. The lowest BCUT2D eigenvalue weighted by Gasteiger charge is -2.18. The number of nitrogens with two attached hydrogens (primary N) is 1. The number of aromatic nitrogens is 1. The Labute approximate surface area is 202 Å². The van der Waals surface area contributed by atoms with Crippen LogP contribution in [0.4, 0.5) is 27.6 Å². The minimum Gasteiger partial charge on any atom is -0.451 e. The van der Waals surface area contributed by atoms with Crippen molar-refractivity contribution < 1.29 is 26.7 Å². The smallest absolute Gasteiger partial charge is 0.200 e. The third kappa shape index (κ3) is 4.00. The van der Waals surface area contributed by atoms with Crippen molar-refractivity contribution in [1.29, 1.82) is 5.26 Å². The maximum Gasteiger partial charge on any atom is 0.200 e. The van der Waals surface area contributed by atoms with Crippen LogP contribution in [0.2, 0.25) is 0 Å². The summed E-state index contributed by atoms with van der Waals surface area (Å²) in [6.07, 6.45) is 1.01. The minimum absolute atomic E-state index is 0.0532. The van der Waals surface area contributed by atoms with E-state index in [4.69, 9.17) is 10.5 Å². The summed E-state index contributed by atoms with van der Waals surface area (Å²) in [4.78, 5) is 6.15. The highest BCUT2D eigenvalue weighted by molar-refractivity contribution is 6.04. The van der Waals surface area contributed by atoms with Crippen LogP contribution in [-0.4, -0.2) is 29.1 Å². The Morgan fingerprint density at radius 3 is 2.58 bits per heavy atom. The van der Waals surface area contributed by atoms with Crippen molar-refractivity contribution in [3.63, 3.8) is 0 Å². The predicted octanol–water partition coefficient (Wildman–Crippen LogP) is 6.35. The summed E-state index contributed by atoms with van der Waals surface area (Å²) in [5.41, 5.74) is 8.66. The first kappa shape index (κ1) is 23.6. The van der Waals surface area contributed by atoms with E-state index < -0.39 is 41.6 Å². The largest absolute Gasteiger partial charge is 0.451 e. The number of nitrogens with zero attached hydrogens (tertiary/aromatic N) is 3. The van der Waals surface area contributed by atoms with Crippen molar-refractivity contribution >= 4 is 16.6 Å². The molecule has 0 saturated carbocycles. The number of ether oxygens (including phenoxy) is 1. The molecule has 1 aromatic heterocycles. The van der Waals surface area contributed by atoms with Crippen molar-refractivity contribution in [3.8, 4) is 23.1 Å². The van der Waals surface area contributed by atoms with Gasteiger partial charge < -0.3 is 15.4 Å². The lowest BCUT2D eigenvalue weighted by Crippen LogP contribution is -2.15. The van der Waals surface area contributed by atoms with Crippen LogP contribution in [0.3, 0.4) is 0 Å². The topological polar surface area (TPSA) is 75.2 Å². The average molecular weight is 498 g/mol. The third-order valence-electron chi connectivity index (χ3n) is 6.46. The Bertz CT molecular complexity index is 1480. The number of anilines is 1. The molecule has 1 aliphatic heterocycles. The highest BCUT2D eigenvalue weighted by Gasteiger charge is 2.33. The van der Waals surface area contributed by atoms with Gasteiger partial charge in [0.2, 0.25) is 0 Å². The fourth-order valence-corrected chi connectivity index (χ4v) is 4.67. The van der Waals surface area contributed by atoms with Gasteiger partial charge in [0.15, 0.2) is 29.8 Å². The molecule has 1 saturated heterocycles. The van der Waals surface area contributed by atoms with Crippen LogP contribution in [0, 0.1) is 17.3 Å². The average Bonchev–Trinajstić information content (AvgIpc) is 3.34. The van der Waals surface area contributed by atoms with Crippen LogP contribution in [-0.2, 0) is 0 Å². The second-order valence-electron chi connectivity index (χ2n) is 8.67. The normalized spacial score (nSPS) is 20.3. The summed E-state index contributed by atoms with van der Waals surface area (Å²) in [5.74, 6) is -7.07. The third-order valence-corrected chi connectivity index (χ3v) is 6.46. The number of pyridine rings is 1. The van der Waals surface area contributed by atoms with Gasteiger partial charge in [0.1, 0.15) is 17.4 Å². The minimum atomic E-state index is -2.39. The lowest BCUT2D eigenvalue weighted by molar-refractivity contribution is 0.254. The number of alkyl halides is 1. The first-order valence-corrected chi connectivity index (χ1v) is 11.2. The van der Waals surface area contributed by atoms with E-state index in [0.29, 0.717) is 35.2 Å². The molecule has 10 heteroatoms. The van der Waals surface area contributed by atoms with E-state index in [2.05, 4.69) is 11.2 Å². The first-order valence-electron chi connectivity index (χ1n) is 11.2. The van der Waals surface area contributed by atoms with Crippen LogP contribution < -0.4 is 10.5 Å². The number of hydrogen-bond acceptors (Lipinski definition) is 5. The molecule has 1 unspecified atom stereocenters. The summed E-state index contributed by atoms with van der Waals surface area (Å²) < 4.78 is 75.5. The zero-order chi connectivity index (χ0) is 25.6. The second kappa shape index (κ2) is 9.15. The Balaban J connectivity index is 1.54.